The SMILES string of the molecule is C=CCn1c(-c2occc2C)nn(CN2Cc3ccccc3C[C@H]2C(=O)OC)c1=S. The van der Waals surface area contributed by atoms with E-state index < -0.39 is 6.04 Å². The van der Waals surface area contributed by atoms with E-state index in [1.54, 1.807) is 17.0 Å². The summed E-state index contributed by atoms with van der Waals surface area (Å²) in [6.07, 6.45) is 4.01. The zero-order chi connectivity index (χ0) is 21.3. The monoisotopic (exact) mass is 424 g/mol. The van der Waals surface area contributed by atoms with Crippen LogP contribution in [0.25, 0.3) is 11.6 Å². The molecule has 0 saturated carbocycles. The van der Waals surface area contributed by atoms with Gasteiger partial charge in [-0.05, 0) is 48.3 Å². The lowest BCUT2D eigenvalue weighted by Crippen LogP contribution is -2.46. The minimum Gasteiger partial charge on any atom is -0.468 e. The minimum atomic E-state index is -0.398. The highest BCUT2D eigenvalue weighted by Gasteiger charge is 2.33. The summed E-state index contributed by atoms with van der Waals surface area (Å²) in [6.45, 7) is 7.29. The Morgan fingerprint density at radius 3 is 2.80 bits per heavy atom. The van der Waals surface area contributed by atoms with Crippen LogP contribution in [0.1, 0.15) is 16.7 Å². The number of ether oxygens (including phenoxy) is 1. The fourth-order valence-electron chi connectivity index (χ4n) is 3.86. The molecular formula is C22H24N4O3S. The molecule has 1 aliphatic heterocycles. The van der Waals surface area contributed by atoms with Crippen molar-refractivity contribution in [2.24, 2.45) is 0 Å². The molecule has 0 amide bonds. The number of carbonyl (C=O) groups excluding carboxylic acids is 1. The van der Waals surface area contributed by atoms with Crippen LogP contribution in [-0.2, 0) is 35.7 Å². The summed E-state index contributed by atoms with van der Waals surface area (Å²) in [5, 5.41) is 4.74. The van der Waals surface area contributed by atoms with Gasteiger partial charge in [-0.2, -0.15) is 0 Å². The number of aromatic nitrogens is 3. The van der Waals surface area contributed by atoms with Crippen LogP contribution in [0.15, 0.2) is 53.7 Å². The molecular weight excluding hydrogens is 400 g/mol. The number of methoxy groups -OCH3 is 1. The summed E-state index contributed by atoms with van der Waals surface area (Å²) in [7, 11) is 1.42. The van der Waals surface area contributed by atoms with E-state index in [0.29, 0.717) is 42.5 Å². The number of fused-ring (bicyclic) bond motifs is 1. The van der Waals surface area contributed by atoms with Crippen molar-refractivity contribution in [2.75, 3.05) is 7.11 Å². The molecule has 0 N–H and O–H groups in total. The van der Waals surface area contributed by atoms with Gasteiger partial charge in [-0.15, -0.1) is 11.7 Å². The summed E-state index contributed by atoms with van der Waals surface area (Å²) in [5.41, 5.74) is 3.33. The third-order valence-electron chi connectivity index (χ3n) is 5.43. The fourth-order valence-corrected chi connectivity index (χ4v) is 4.12. The van der Waals surface area contributed by atoms with Gasteiger partial charge in [0.05, 0.1) is 20.0 Å². The van der Waals surface area contributed by atoms with Gasteiger partial charge in [-0.3, -0.25) is 14.3 Å². The molecule has 1 atom stereocenters. The van der Waals surface area contributed by atoms with Gasteiger partial charge in [0.15, 0.2) is 16.4 Å². The predicted molar refractivity (Wildman–Crippen MR) is 115 cm³/mol. The number of rotatable bonds is 6. The van der Waals surface area contributed by atoms with Crippen LogP contribution in [0.2, 0.25) is 0 Å². The van der Waals surface area contributed by atoms with Crippen LogP contribution in [-0.4, -0.2) is 38.4 Å². The molecule has 0 fully saturated rings. The van der Waals surface area contributed by atoms with Gasteiger partial charge < -0.3 is 9.15 Å². The van der Waals surface area contributed by atoms with Crippen molar-refractivity contribution in [1.82, 2.24) is 19.2 Å². The Labute approximate surface area is 180 Å². The number of carbonyl (C=O) groups is 1. The first-order valence-electron chi connectivity index (χ1n) is 9.75. The standard InChI is InChI=1S/C22H24N4O3S/c1-4-10-25-20(19-15(2)9-11-29-19)23-26(22(25)30)14-24-13-17-8-6-5-7-16(17)12-18(24)21(27)28-3/h4-9,11,18H,1,10,12-14H2,2-3H3/t18-/m0/s1. The summed E-state index contributed by atoms with van der Waals surface area (Å²) < 4.78 is 14.9. The van der Waals surface area contributed by atoms with E-state index >= 15 is 0 Å². The number of allylic oxidation sites excluding steroid dienone is 1. The van der Waals surface area contributed by atoms with Crippen LogP contribution in [0.4, 0.5) is 0 Å². The lowest BCUT2D eigenvalue weighted by molar-refractivity contribution is -0.148. The Balaban J connectivity index is 1.72. The van der Waals surface area contributed by atoms with E-state index in [0.717, 1.165) is 11.1 Å². The topological polar surface area (TPSA) is 65.4 Å². The van der Waals surface area contributed by atoms with Crippen molar-refractivity contribution >= 4 is 18.2 Å². The lowest BCUT2D eigenvalue weighted by atomic mass is 9.94. The molecule has 0 aliphatic carbocycles. The molecule has 0 spiro atoms. The average molecular weight is 425 g/mol. The molecule has 1 aromatic carbocycles. The molecule has 1 aliphatic rings. The third kappa shape index (κ3) is 3.64. The molecule has 0 radical (unpaired) electrons. The smallest absolute Gasteiger partial charge is 0.323 e. The first-order chi connectivity index (χ1) is 14.5. The Morgan fingerprint density at radius 1 is 1.37 bits per heavy atom. The molecule has 156 valence electrons. The number of esters is 1. The molecule has 8 heteroatoms. The molecule has 4 rings (SSSR count). The van der Waals surface area contributed by atoms with Gasteiger partial charge in [0.25, 0.3) is 0 Å². The van der Waals surface area contributed by atoms with Crippen molar-refractivity contribution in [3.05, 3.63) is 70.7 Å². The Morgan fingerprint density at radius 2 is 2.13 bits per heavy atom. The average Bonchev–Trinajstić information content (AvgIpc) is 3.31. The normalized spacial score (nSPS) is 16.3. The number of nitrogens with zero attached hydrogens (tertiary/aromatic N) is 4. The second-order valence-electron chi connectivity index (χ2n) is 7.34. The maximum Gasteiger partial charge on any atom is 0.323 e. The van der Waals surface area contributed by atoms with Crippen LogP contribution >= 0.6 is 12.2 Å². The van der Waals surface area contributed by atoms with Gasteiger partial charge in [-0.1, -0.05) is 30.3 Å². The van der Waals surface area contributed by atoms with E-state index in [-0.39, 0.29) is 5.97 Å². The van der Waals surface area contributed by atoms with Gasteiger partial charge in [0, 0.05) is 13.1 Å². The molecule has 0 saturated heterocycles. The van der Waals surface area contributed by atoms with Crippen molar-refractivity contribution in [1.29, 1.82) is 0 Å². The van der Waals surface area contributed by atoms with Gasteiger partial charge in [0.2, 0.25) is 0 Å². The molecule has 3 aromatic rings. The minimum absolute atomic E-state index is 0.261. The van der Waals surface area contributed by atoms with Crippen LogP contribution in [0.3, 0.4) is 0 Å². The molecule has 3 heterocycles. The number of furan rings is 1. The predicted octanol–water partition coefficient (Wildman–Crippen LogP) is 3.73. The van der Waals surface area contributed by atoms with E-state index in [1.165, 1.54) is 12.7 Å². The zero-order valence-electron chi connectivity index (χ0n) is 17.1. The van der Waals surface area contributed by atoms with E-state index in [1.807, 2.05) is 34.6 Å². The second kappa shape index (κ2) is 8.41. The van der Waals surface area contributed by atoms with E-state index in [9.17, 15) is 4.79 Å². The van der Waals surface area contributed by atoms with Gasteiger partial charge in [-0.25, -0.2) is 4.68 Å². The van der Waals surface area contributed by atoms with Crippen molar-refractivity contribution < 1.29 is 13.9 Å². The molecule has 30 heavy (non-hydrogen) atoms. The van der Waals surface area contributed by atoms with Crippen LogP contribution in [0.5, 0.6) is 0 Å². The first-order valence-corrected chi connectivity index (χ1v) is 10.2. The fraction of sp³-hybridized carbons (Fsp3) is 0.318. The Hall–Kier alpha value is -2.97. The summed E-state index contributed by atoms with van der Waals surface area (Å²) in [6, 6.07) is 9.65. The van der Waals surface area contributed by atoms with Crippen molar-refractivity contribution in [3.63, 3.8) is 0 Å². The first kappa shape index (κ1) is 20.3. The molecule has 0 bridgehead atoms. The zero-order valence-corrected chi connectivity index (χ0v) is 17.9. The van der Waals surface area contributed by atoms with Crippen LogP contribution < -0.4 is 0 Å². The highest BCUT2D eigenvalue weighted by atomic mass is 32.1. The van der Waals surface area contributed by atoms with E-state index in [2.05, 4.69) is 18.7 Å². The van der Waals surface area contributed by atoms with Crippen molar-refractivity contribution in [2.45, 2.75) is 39.1 Å². The van der Waals surface area contributed by atoms with Crippen molar-refractivity contribution in [3.8, 4) is 11.6 Å². The number of benzene rings is 1. The Bertz CT molecular complexity index is 1140. The Kier molecular flexibility index (Phi) is 5.69. The quantitative estimate of drug-likeness (QED) is 0.341. The lowest BCUT2D eigenvalue weighted by Gasteiger charge is -2.34. The summed E-state index contributed by atoms with van der Waals surface area (Å²) in [5.74, 6) is 1.06. The molecule has 0 unspecified atom stereocenters. The summed E-state index contributed by atoms with van der Waals surface area (Å²) in [4.78, 5) is 14.6. The number of hydrogen-bond acceptors (Lipinski definition) is 6. The maximum atomic E-state index is 12.5. The molecule has 7 nitrogen and oxygen atoms in total. The number of aryl methyl sites for hydroxylation is 1. The highest BCUT2D eigenvalue weighted by molar-refractivity contribution is 7.71. The molecule has 2 aromatic heterocycles. The largest absolute Gasteiger partial charge is 0.468 e. The van der Waals surface area contributed by atoms with E-state index in [4.69, 9.17) is 26.5 Å². The summed E-state index contributed by atoms with van der Waals surface area (Å²) >= 11 is 5.71. The number of hydrogen-bond donors (Lipinski definition) is 0. The van der Waals surface area contributed by atoms with Gasteiger partial charge in [0.1, 0.15) is 6.04 Å². The highest BCUT2D eigenvalue weighted by Crippen LogP contribution is 2.27. The second-order valence-corrected chi connectivity index (χ2v) is 7.70. The maximum absolute atomic E-state index is 12.5. The van der Waals surface area contributed by atoms with Crippen LogP contribution in [0, 0.1) is 11.7 Å². The van der Waals surface area contributed by atoms with Gasteiger partial charge >= 0.3 is 5.97 Å². The third-order valence-corrected chi connectivity index (χ3v) is 5.87.